The van der Waals surface area contributed by atoms with Gasteiger partial charge in [0.15, 0.2) is 0 Å². The number of benzene rings is 1. The molecular weight excluding hydrogens is 244 g/mol. The first kappa shape index (κ1) is 17.2. The second-order valence-corrected chi connectivity index (χ2v) is 7.38. The van der Waals surface area contributed by atoms with Crippen LogP contribution in [0.3, 0.4) is 0 Å². The van der Waals surface area contributed by atoms with Crippen molar-refractivity contribution in [3.63, 3.8) is 0 Å². The van der Waals surface area contributed by atoms with Gasteiger partial charge in [-0.2, -0.15) is 0 Å². The third-order valence-electron chi connectivity index (χ3n) is 3.97. The molecule has 1 aromatic rings. The van der Waals surface area contributed by atoms with E-state index in [-0.39, 0.29) is 5.41 Å². The van der Waals surface area contributed by atoms with Gasteiger partial charge in [-0.3, -0.25) is 0 Å². The van der Waals surface area contributed by atoms with E-state index in [0.29, 0.717) is 12.0 Å². The summed E-state index contributed by atoms with van der Waals surface area (Å²) in [5.74, 6) is 0.564. The van der Waals surface area contributed by atoms with Crippen molar-refractivity contribution in [3.05, 3.63) is 35.4 Å². The molecule has 0 fully saturated rings. The van der Waals surface area contributed by atoms with Crippen LogP contribution in [0.5, 0.6) is 0 Å². The zero-order valence-electron chi connectivity index (χ0n) is 14.1. The molecule has 2 nitrogen and oxygen atoms in total. The molecule has 1 aromatic carbocycles. The minimum atomic E-state index is 0.231. The molecule has 2 heteroatoms. The SMILES string of the molecule is CC(C)C(N)CCN(C)Cc1ccc(C(C)(C)C)cc1. The van der Waals surface area contributed by atoms with E-state index in [4.69, 9.17) is 5.73 Å². The Hall–Kier alpha value is -0.860. The van der Waals surface area contributed by atoms with Crippen LogP contribution in [0, 0.1) is 5.92 Å². The zero-order valence-corrected chi connectivity index (χ0v) is 14.1. The minimum Gasteiger partial charge on any atom is -0.327 e. The lowest BCUT2D eigenvalue weighted by atomic mass is 9.87. The highest BCUT2D eigenvalue weighted by Gasteiger charge is 2.13. The molecule has 1 unspecified atom stereocenters. The van der Waals surface area contributed by atoms with Crippen LogP contribution in [0.4, 0.5) is 0 Å². The van der Waals surface area contributed by atoms with Crippen molar-refractivity contribution < 1.29 is 0 Å². The number of nitrogens with two attached hydrogens (primary N) is 1. The molecule has 20 heavy (non-hydrogen) atoms. The van der Waals surface area contributed by atoms with Gasteiger partial charge in [-0.05, 0) is 42.5 Å². The topological polar surface area (TPSA) is 29.3 Å². The average molecular weight is 276 g/mol. The highest BCUT2D eigenvalue weighted by molar-refractivity contribution is 5.27. The molecule has 0 aliphatic carbocycles. The van der Waals surface area contributed by atoms with Crippen molar-refractivity contribution in [1.82, 2.24) is 4.90 Å². The van der Waals surface area contributed by atoms with Gasteiger partial charge in [0.2, 0.25) is 0 Å². The first-order valence-corrected chi connectivity index (χ1v) is 7.73. The fourth-order valence-electron chi connectivity index (χ4n) is 2.20. The monoisotopic (exact) mass is 276 g/mol. The standard InChI is InChI=1S/C18H32N2/c1-14(2)17(19)11-12-20(6)13-15-7-9-16(10-8-15)18(3,4)5/h7-10,14,17H,11-13,19H2,1-6H3. The Morgan fingerprint density at radius 2 is 1.65 bits per heavy atom. The quantitative estimate of drug-likeness (QED) is 0.856. The molecule has 0 amide bonds. The lowest BCUT2D eigenvalue weighted by molar-refractivity contribution is 0.296. The largest absolute Gasteiger partial charge is 0.327 e. The van der Waals surface area contributed by atoms with E-state index in [1.54, 1.807) is 0 Å². The summed E-state index contributed by atoms with van der Waals surface area (Å²) in [7, 11) is 2.17. The summed E-state index contributed by atoms with van der Waals surface area (Å²) in [6.45, 7) is 13.2. The number of rotatable bonds is 6. The summed E-state index contributed by atoms with van der Waals surface area (Å²) in [5.41, 5.74) is 9.10. The van der Waals surface area contributed by atoms with E-state index in [2.05, 4.69) is 70.8 Å². The maximum atomic E-state index is 6.10. The third-order valence-corrected chi connectivity index (χ3v) is 3.97. The third kappa shape index (κ3) is 5.64. The fourth-order valence-corrected chi connectivity index (χ4v) is 2.20. The van der Waals surface area contributed by atoms with Gasteiger partial charge in [0.1, 0.15) is 0 Å². The second kappa shape index (κ2) is 7.24. The second-order valence-electron chi connectivity index (χ2n) is 7.38. The number of hydrogen-bond donors (Lipinski definition) is 1. The minimum absolute atomic E-state index is 0.231. The van der Waals surface area contributed by atoms with Gasteiger partial charge >= 0.3 is 0 Å². The Kier molecular flexibility index (Phi) is 6.22. The molecule has 0 aliphatic heterocycles. The molecule has 0 heterocycles. The normalized spacial score (nSPS) is 14.1. The average Bonchev–Trinajstić information content (AvgIpc) is 2.35. The van der Waals surface area contributed by atoms with E-state index in [1.807, 2.05) is 0 Å². The predicted octanol–water partition coefficient (Wildman–Crippen LogP) is 3.79. The smallest absolute Gasteiger partial charge is 0.0230 e. The lowest BCUT2D eigenvalue weighted by Gasteiger charge is -2.22. The van der Waals surface area contributed by atoms with E-state index in [9.17, 15) is 0 Å². The van der Waals surface area contributed by atoms with Crippen LogP contribution < -0.4 is 5.73 Å². The molecular formula is C18H32N2. The molecule has 0 aromatic heterocycles. The summed E-state index contributed by atoms with van der Waals surface area (Å²) in [6, 6.07) is 9.31. The Balaban J connectivity index is 2.48. The van der Waals surface area contributed by atoms with Crippen LogP contribution in [0.25, 0.3) is 0 Å². The predicted molar refractivity (Wildman–Crippen MR) is 88.9 cm³/mol. The van der Waals surface area contributed by atoms with Crippen molar-refractivity contribution in [2.45, 2.75) is 59.0 Å². The Bertz CT molecular complexity index is 387. The van der Waals surface area contributed by atoms with Gasteiger partial charge in [0.25, 0.3) is 0 Å². The fraction of sp³-hybridized carbons (Fsp3) is 0.667. The molecule has 2 N–H and O–H groups in total. The highest BCUT2D eigenvalue weighted by Crippen LogP contribution is 2.22. The van der Waals surface area contributed by atoms with Gasteiger partial charge in [-0.1, -0.05) is 58.9 Å². The number of nitrogens with zero attached hydrogens (tertiary/aromatic N) is 1. The number of hydrogen-bond acceptors (Lipinski definition) is 2. The van der Waals surface area contributed by atoms with Gasteiger partial charge in [-0.15, -0.1) is 0 Å². The molecule has 0 saturated heterocycles. The summed E-state index contributed by atoms with van der Waals surface area (Å²) in [5, 5.41) is 0. The Morgan fingerprint density at radius 1 is 1.10 bits per heavy atom. The molecule has 0 aliphatic rings. The maximum absolute atomic E-state index is 6.10. The molecule has 114 valence electrons. The molecule has 0 radical (unpaired) electrons. The van der Waals surface area contributed by atoms with Gasteiger partial charge in [0, 0.05) is 12.6 Å². The lowest BCUT2D eigenvalue weighted by Crippen LogP contribution is -2.31. The molecule has 1 atom stereocenters. The van der Waals surface area contributed by atoms with Gasteiger partial charge in [-0.25, -0.2) is 0 Å². The summed E-state index contributed by atoms with van der Waals surface area (Å²) < 4.78 is 0. The summed E-state index contributed by atoms with van der Waals surface area (Å²) in [4.78, 5) is 2.36. The highest BCUT2D eigenvalue weighted by atomic mass is 15.1. The van der Waals surface area contributed by atoms with E-state index < -0.39 is 0 Å². The summed E-state index contributed by atoms with van der Waals surface area (Å²) >= 11 is 0. The van der Waals surface area contributed by atoms with Crippen LogP contribution in [0.1, 0.15) is 52.2 Å². The molecule has 0 spiro atoms. The van der Waals surface area contributed by atoms with Crippen molar-refractivity contribution in [2.24, 2.45) is 11.7 Å². The van der Waals surface area contributed by atoms with Crippen molar-refractivity contribution >= 4 is 0 Å². The molecule has 0 saturated carbocycles. The van der Waals surface area contributed by atoms with Gasteiger partial charge in [0.05, 0.1) is 0 Å². The molecule has 1 rings (SSSR count). The van der Waals surface area contributed by atoms with Gasteiger partial charge < -0.3 is 10.6 Å². The van der Waals surface area contributed by atoms with Crippen LogP contribution in [-0.2, 0) is 12.0 Å². The Labute approximate surface area is 125 Å². The van der Waals surface area contributed by atoms with E-state index >= 15 is 0 Å². The first-order chi connectivity index (χ1) is 9.20. The molecule has 0 bridgehead atoms. The summed E-state index contributed by atoms with van der Waals surface area (Å²) in [6.07, 6.45) is 1.06. The van der Waals surface area contributed by atoms with Crippen molar-refractivity contribution in [1.29, 1.82) is 0 Å². The van der Waals surface area contributed by atoms with E-state index in [1.165, 1.54) is 11.1 Å². The van der Waals surface area contributed by atoms with Crippen molar-refractivity contribution in [2.75, 3.05) is 13.6 Å². The van der Waals surface area contributed by atoms with E-state index in [0.717, 1.165) is 19.5 Å². The van der Waals surface area contributed by atoms with Crippen LogP contribution in [0.15, 0.2) is 24.3 Å². The maximum Gasteiger partial charge on any atom is 0.0230 e. The zero-order chi connectivity index (χ0) is 15.3. The van der Waals surface area contributed by atoms with Crippen molar-refractivity contribution in [3.8, 4) is 0 Å². The Morgan fingerprint density at radius 3 is 2.10 bits per heavy atom. The van der Waals surface area contributed by atoms with Crippen LogP contribution in [-0.4, -0.2) is 24.5 Å². The van der Waals surface area contributed by atoms with Crippen LogP contribution >= 0.6 is 0 Å². The van der Waals surface area contributed by atoms with Crippen LogP contribution in [0.2, 0.25) is 0 Å². The first-order valence-electron chi connectivity index (χ1n) is 7.73.